The predicted molar refractivity (Wildman–Crippen MR) is 75.8 cm³/mol. The first-order chi connectivity index (χ1) is 8.74. The topological polar surface area (TPSA) is 20.3 Å². The Morgan fingerprint density at radius 1 is 1.17 bits per heavy atom. The fraction of sp³-hybridized carbons (Fsp3) is 0.267. The second kappa shape index (κ2) is 6.47. The van der Waals surface area contributed by atoms with E-state index >= 15 is 0 Å². The van der Waals surface area contributed by atoms with E-state index in [0.29, 0.717) is 13.0 Å². The molecule has 18 heavy (non-hydrogen) atoms. The number of nitrogens with zero attached hydrogens (tertiary/aromatic N) is 1. The maximum absolute atomic E-state index is 11.9. The molecule has 0 unspecified atom stereocenters. The van der Waals surface area contributed by atoms with Crippen LogP contribution in [-0.4, -0.2) is 24.3 Å². The zero-order valence-corrected chi connectivity index (χ0v) is 11.3. The minimum Gasteiger partial charge on any atom is -0.298 e. The number of benzene rings is 1. The van der Waals surface area contributed by atoms with Gasteiger partial charge in [0.05, 0.1) is 6.54 Å². The van der Waals surface area contributed by atoms with Crippen LogP contribution >= 0.6 is 11.3 Å². The number of thiophene rings is 1. The summed E-state index contributed by atoms with van der Waals surface area (Å²) in [5, 5.41) is 2.06. The Morgan fingerprint density at radius 3 is 2.61 bits per heavy atom. The Hall–Kier alpha value is -1.45. The standard InChI is InChI=1S/C15H17NOS/c1-16(12-15-8-5-9-18-15)11-14(17)10-13-6-3-2-4-7-13/h2-9H,10-12H2,1H3. The summed E-state index contributed by atoms with van der Waals surface area (Å²) >= 11 is 1.73. The highest BCUT2D eigenvalue weighted by atomic mass is 32.1. The van der Waals surface area contributed by atoms with Crippen LogP contribution in [0.2, 0.25) is 0 Å². The molecule has 94 valence electrons. The van der Waals surface area contributed by atoms with Gasteiger partial charge in [-0.05, 0) is 24.1 Å². The average molecular weight is 259 g/mol. The summed E-state index contributed by atoms with van der Waals surface area (Å²) in [6.07, 6.45) is 0.523. The zero-order valence-electron chi connectivity index (χ0n) is 10.5. The Morgan fingerprint density at radius 2 is 1.94 bits per heavy atom. The molecule has 0 atom stereocenters. The van der Waals surface area contributed by atoms with Crippen LogP contribution in [0.4, 0.5) is 0 Å². The van der Waals surface area contributed by atoms with Crippen molar-refractivity contribution >= 4 is 17.1 Å². The first-order valence-corrected chi connectivity index (χ1v) is 6.88. The van der Waals surface area contributed by atoms with E-state index in [-0.39, 0.29) is 5.78 Å². The molecule has 0 fully saturated rings. The molecule has 2 aromatic rings. The highest BCUT2D eigenvalue weighted by Gasteiger charge is 2.08. The van der Waals surface area contributed by atoms with E-state index in [1.54, 1.807) is 11.3 Å². The van der Waals surface area contributed by atoms with Gasteiger partial charge < -0.3 is 0 Å². The molecule has 0 spiro atoms. The number of carbonyl (C=O) groups excluding carboxylic acids is 1. The molecule has 1 heterocycles. The molecule has 0 aliphatic rings. The SMILES string of the molecule is CN(CC(=O)Cc1ccccc1)Cc1cccs1. The number of rotatable bonds is 6. The summed E-state index contributed by atoms with van der Waals surface area (Å²) in [4.78, 5) is 15.3. The first-order valence-electron chi connectivity index (χ1n) is 6.00. The van der Waals surface area contributed by atoms with Gasteiger partial charge in [-0.15, -0.1) is 11.3 Å². The van der Waals surface area contributed by atoms with Gasteiger partial charge in [0.2, 0.25) is 0 Å². The number of ketones is 1. The van der Waals surface area contributed by atoms with Gasteiger partial charge in [-0.3, -0.25) is 9.69 Å². The van der Waals surface area contributed by atoms with Crippen LogP contribution in [-0.2, 0) is 17.8 Å². The van der Waals surface area contributed by atoms with E-state index in [4.69, 9.17) is 0 Å². The van der Waals surface area contributed by atoms with E-state index in [2.05, 4.69) is 16.3 Å². The van der Waals surface area contributed by atoms with Crippen LogP contribution in [0.25, 0.3) is 0 Å². The monoisotopic (exact) mass is 259 g/mol. The van der Waals surface area contributed by atoms with Gasteiger partial charge in [0.15, 0.2) is 5.78 Å². The number of hydrogen-bond acceptors (Lipinski definition) is 3. The Balaban J connectivity index is 1.80. The quantitative estimate of drug-likeness (QED) is 0.795. The van der Waals surface area contributed by atoms with Crippen molar-refractivity contribution in [2.45, 2.75) is 13.0 Å². The molecule has 1 aromatic carbocycles. The molecular formula is C15H17NOS. The van der Waals surface area contributed by atoms with Gasteiger partial charge in [-0.2, -0.15) is 0 Å². The maximum atomic E-state index is 11.9. The third-order valence-electron chi connectivity index (χ3n) is 2.70. The molecule has 2 rings (SSSR count). The molecular weight excluding hydrogens is 242 g/mol. The van der Waals surface area contributed by atoms with Crippen molar-refractivity contribution < 1.29 is 4.79 Å². The molecule has 0 saturated heterocycles. The molecule has 0 radical (unpaired) electrons. The molecule has 0 amide bonds. The van der Waals surface area contributed by atoms with Gasteiger partial charge in [0.1, 0.15) is 0 Å². The second-order valence-electron chi connectivity index (χ2n) is 4.45. The molecule has 0 aliphatic carbocycles. The summed E-state index contributed by atoms with van der Waals surface area (Å²) < 4.78 is 0. The van der Waals surface area contributed by atoms with Crippen molar-refractivity contribution in [2.75, 3.05) is 13.6 Å². The third kappa shape index (κ3) is 4.09. The lowest BCUT2D eigenvalue weighted by Gasteiger charge is -2.14. The van der Waals surface area contributed by atoms with E-state index in [1.807, 2.05) is 43.4 Å². The summed E-state index contributed by atoms with van der Waals surface area (Å²) in [5.41, 5.74) is 1.09. The van der Waals surface area contributed by atoms with Gasteiger partial charge in [-0.1, -0.05) is 36.4 Å². The van der Waals surface area contributed by atoms with Crippen LogP contribution < -0.4 is 0 Å². The number of carbonyl (C=O) groups is 1. The minimum atomic E-state index is 0.264. The van der Waals surface area contributed by atoms with Gasteiger partial charge in [0.25, 0.3) is 0 Å². The van der Waals surface area contributed by atoms with E-state index in [1.165, 1.54) is 4.88 Å². The highest BCUT2D eigenvalue weighted by Crippen LogP contribution is 2.10. The summed E-state index contributed by atoms with van der Waals surface area (Å²) in [6.45, 7) is 1.35. The number of Topliss-reactive ketones (excluding diaryl/α,β-unsaturated/α-hetero) is 1. The maximum Gasteiger partial charge on any atom is 0.151 e. The van der Waals surface area contributed by atoms with Crippen molar-refractivity contribution in [3.05, 3.63) is 58.3 Å². The number of hydrogen-bond donors (Lipinski definition) is 0. The lowest BCUT2D eigenvalue weighted by Crippen LogP contribution is -2.26. The Bertz CT molecular complexity index is 478. The van der Waals surface area contributed by atoms with E-state index in [9.17, 15) is 4.79 Å². The van der Waals surface area contributed by atoms with Gasteiger partial charge in [-0.25, -0.2) is 0 Å². The van der Waals surface area contributed by atoms with E-state index in [0.717, 1.165) is 12.1 Å². The molecule has 1 aromatic heterocycles. The highest BCUT2D eigenvalue weighted by molar-refractivity contribution is 7.09. The van der Waals surface area contributed by atoms with Crippen LogP contribution in [0.3, 0.4) is 0 Å². The van der Waals surface area contributed by atoms with E-state index < -0.39 is 0 Å². The molecule has 3 heteroatoms. The first kappa shape index (κ1) is 13.0. The number of likely N-dealkylation sites (N-methyl/N-ethyl adjacent to an activating group) is 1. The molecule has 0 bridgehead atoms. The lowest BCUT2D eigenvalue weighted by atomic mass is 10.1. The summed E-state index contributed by atoms with van der Waals surface area (Å²) in [7, 11) is 1.99. The van der Waals surface area contributed by atoms with Crippen LogP contribution in [0.15, 0.2) is 47.8 Å². The van der Waals surface area contributed by atoms with Crippen molar-refractivity contribution in [2.24, 2.45) is 0 Å². The molecule has 2 nitrogen and oxygen atoms in total. The van der Waals surface area contributed by atoms with Crippen LogP contribution in [0, 0.1) is 0 Å². The fourth-order valence-electron chi connectivity index (χ4n) is 1.90. The molecule has 0 aliphatic heterocycles. The normalized spacial score (nSPS) is 10.8. The molecule has 0 saturated carbocycles. The Kier molecular flexibility index (Phi) is 4.67. The average Bonchev–Trinajstić information content (AvgIpc) is 2.82. The summed E-state index contributed by atoms with van der Waals surface area (Å²) in [6, 6.07) is 14.0. The minimum absolute atomic E-state index is 0.264. The second-order valence-corrected chi connectivity index (χ2v) is 5.48. The van der Waals surface area contributed by atoms with Crippen molar-refractivity contribution in [1.29, 1.82) is 0 Å². The van der Waals surface area contributed by atoms with Crippen LogP contribution in [0.1, 0.15) is 10.4 Å². The van der Waals surface area contributed by atoms with Gasteiger partial charge in [0, 0.05) is 17.8 Å². The Labute approximate surface area is 112 Å². The van der Waals surface area contributed by atoms with Crippen molar-refractivity contribution in [1.82, 2.24) is 4.90 Å². The van der Waals surface area contributed by atoms with Gasteiger partial charge >= 0.3 is 0 Å². The summed E-state index contributed by atoms with van der Waals surface area (Å²) in [5.74, 6) is 0.264. The molecule has 0 N–H and O–H groups in total. The largest absolute Gasteiger partial charge is 0.298 e. The van der Waals surface area contributed by atoms with Crippen LogP contribution in [0.5, 0.6) is 0 Å². The van der Waals surface area contributed by atoms with Crippen molar-refractivity contribution in [3.8, 4) is 0 Å². The lowest BCUT2D eigenvalue weighted by molar-refractivity contribution is -0.119. The fourth-order valence-corrected chi connectivity index (χ4v) is 2.69. The predicted octanol–water partition coefficient (Wildman–Crippen LogP) is 2.99. The smallest absolute Gasteiger partial charge is 0.151 e. The zero-order chi connectivity index (χ0) is 12.8. The van der Waals surface area contributed by atoms with Crippen molar-refractivity contribution in [3.63, 3.8) is 0 Å². The third-order valence-corrected chi connectivity index (χ3v) is 3.56.